The van der Waals surface area contributed by atoms with Gasteiger partial charge in [0.1, 0.15) is 5.00 Å². The van der Waals surface area contributed by atoms with Gasteiger partial charge in [0.05, 0.1) is 16.7 Å². The lowest BCUT2D eigenvalue weighted by Crippen LogP contribution is -2.39. The van der Waals surface area contributed by atoms with Gasteiger partial charge in [-0.05, 0) is 39.2 Å². The van der Waals surface area contributed by atoms with E-state index in [0.29, 0.717) is 12.1 Å². The summed E-state index contributed by atoms with van der Waals surface area (Å²) in [5, 5.41) is 6.50. The zero-order chi connectivity index (χ0) is 13.9. The Morgan fingerprint density at radius 2 is 2.00 bits per heavy atom. The first kappa shape index (κ1) is 14.6. The standard InChI is InChI=1S/C12H19N3O2S/c1-7-9(8(2)16)10(18-15-7)14-6-12(3,4)11(17)13-5/h14H,6H2,1-5H3,(H,13,17). The molecule has 1 rings (SSSR count). The van der Waals surface area contributed by atoms with E-state index in [1.54, 1.807) is 7.05 Å². The summed E-state index contributed by atoms with van der Waals surface area (Å²) in [6.07, 6.45) is 0. The number of rotatable bonds is 5. The van der Waals surface area contributed by atoms with Gasteiger partial charge in [-0.3, -0.25) is 9.59 Å². The topological polar surface area (TPSA) is 71.1 Å². The van der Waals surface area contributed by atoms with Crippen LogP contribution in [-0.4, -0.2) is 29.7 Å². The molecule has 0 atom stereocenters. The molecule has 0 spiro atoms. The lowest BCUT2D eigenvalue weighted by molar-refractivity contribution is -0.128. The van der Waals surface area contributed by atoms with Crippen molar-refractivity contribution < 1.29 is 9.59 Å². The van der Waals surface area contributed by atoms with Crippen LogP contribution in [0.4, 0.5) is 5.00 Å². The maximum atomic E-state index is 11.6. The molecule has 0 radical (unpaired) electrons. The van der Waals surface area contributed by atoms with E-state index in [-0.39, 0.29) is 11.7 Å². The molecule has 0 fully saturated rings. The Bertz CT molecular complexity index is 466. The quantitative estimate of drug-likeness (QED) is 0.800. The highest BCUT2D eigenvalue weighted by atomic mass is 32.1. The Morgan fingerprint density at radius 3 is 2.50 bits per heavy atom. The number of carbonyl (C=O) groups excluding carboxylic acids is 2. The third kappa shape index (κ3) is 3.07. The highest BCUT2D eigenvalue weighted by molar-refractivity contribution is 7.10. The highest BCUT2D eigenvalue weighted by Crippen LogP contribution is 2.26. The predicted molar refractivity (Wildman–Crippen MR) is 73.2 cm³/mol. The molecule has 0 aliphatic heterocycles. The molecule has 0 aliphatic rings. The van der Waals surface area contributed by atoms with E-state index in [4.69, 9.17) is 0 Å². The average Bonchev–Trinajstić information content (AvgIpc) is 2.66. The second kappa shape index (κ2) is 5.48. The van der Waals surface area contributed by atoms with E-state index in [9.17, 15) is 9.59 Å². The van der Waals surface area contributed by atoms with Crippen molar-refractivity contribution >= 4 is 28.2 Å². The molecule has 0 aromatic carbocycles. The van der Waals surface area contributed by atoms with Crippen molar-refractivity contribution in [1.29, 1.82) is 0 Å². The molecule has 1 aromatic rings. The molecule has 0 saturated heterocycles. The third-order valence-electron chi connectivity index (χ3n) is 2.75. The summed E-state index contributed by atoms with van der Waals surface area (Å²) in [5.41, 5.74) is 0.807. The van der Waals surface area contributed by atoms with Crippen LogP contribution in [0.25, 0.3) is 0 Å². The van der Waals surface area contributed by atoms with E-state index in [1.807, 2.05) is 20.8 Å². The lowest BCUT2D eigenvalue weighted by atomic mass is 9.92. The number of nitrogens with zero attached hydrogens (tertiary/aromatic N) is 1. The molecule has 0 unspecified atom stereocenters. The van der Waals surface area contributed by atoms with Gasteiger partial charge in [-0.15, -0.1) is 0 Å². The summed E-state index contributed by atoms with van der Waals surface area (Å²) >= 11 is 1.25. The van der Waals surface area contributed by atoms with Crippen molar-refractivity contribution in [2.24, 2.45) is 5.41 Å². The van der Waals surface area contributed by atoms with Gasteiger partial charge < -0.3 is 10.6 Å². The maximum absolute atomic E-state index is 11.6. The van der Waals surface area contributed by atoms with Crippen molar-refractivity contribution in [2.45, 2.75) is 27.7 Å². The normalized spacial score (nSPS) is 11.2. The number of Topliss-reactive ketones (excluding diaryl/α,β-unsaturated/α-hetero) is 1. The van der Waals surface area contributed by atoms with Gasteiger partial charge in [0.15, 0.2) is 5.78 Å². The largest absolute Gasteiger partial charge is 0.374 e. The summed E-state index contributed by atoms with van der Waals surface area (Å²) in [6.45, 7) is 7.48. The van der Waals surface area contributed by atoms with Crippen LogP contribution in [0.3, 0.4) is 0 Å². The highest BCUT2D eigenvalue weighted by Gasteiger charge is 2.27. The van der Waals surface area contributed by atoms with Gasteiger partial charge in [0.2, 0.25) is 5.91 Å². The zero-order valence-corrected chi connectivity index (χ0v) is 12.2. The van der Waals surface area contributed by atoms with Gasteiger partial charge in [0, 0.05) is 13.6 Å². The smallest absolute Gasteiger partial charge is 0.227 e. The van der Waals surface area contributed by atoms with E-state index in [0.717, 1.165) is 10.7 Å². The van der Waals surface area contributed by atoms with Crippen LogP contribution in [0, 0.1) is 12.3 Å². The van der Waals surface area contributed by atoms with Crippen LogP contribution in [0.15, 0.2) is 0 Å². The zero-order valence-electron chi connectivity index (χ0n) is 11.4. The fourth-order valence-electron chi connectivity index (χ4n) is 1.62. The second-order valence-electron chi connectivity index (χ2n) is 4.84. The fourth-order valence-corrected chi connectivity index (χ4v) is 2.46. The summed E-state index contributed by atoms with van der Waals surface area (Å²) < 4.78 is 4.16. The monoisotopic (exact) mass is 269 g/mol. The van der Waals surface area contributed by atoms with Crippen LogP contribution < -0.4 is 10.6 Å². The van der Waals surface area contributed by atoms with Gasteiger partial charge >= 0.3 is 0 Å². The fraction of sp³-hybridized carbons (Fsp3) is 0.583. The van der Waals surface area contributed by atoms with Crippen molar-refractivity contribution in [3.8, 4) is 0 Å². The molecule has 0 aliphatic carbocycles. The maximum Gasteiger partial charge on any atom is 0.227 e. The minimum Gasteiger partial charge on any atom is -0.374 e. The van der Waals surface area contributed by atoms with Crippen LogP contribution >= 0.6 is 11.5 Å². The van der Waals surface area contributed by atoms with Crippen molar-refractivity contribution in [2.75, 3.05) is 18.9 Å². The van der Waals surface area contributed by atoms with Crippen LogP contribution in [0.2, 0.25) is 0 Å². The van der Waals surface area contributed by atoms with E-state index in [2.05, 4.69) is 15.0 Å². The predicted octanol–water partition coefficient (Wildman–Crippen LogP) is 1.84. The molecule has 2 N–H and O–H groups in total. The molecule has 1 heterocycles. The first-order chi connectivity index (χ1) is 8.29. The Morgan fingerprint density at radius 1 is 1.39 bits per heavy atom. The molecule has 18 heavy (non-hydrogen) atoms. The second-order valence-corrected chi connectivity index (χ2v) is 5.62. The first-order valence-corrected chi connectivity index (χ1v) is 6.50. The van der Waals surface area contributed by atoms with Crippen LogP contribution in [0.1, 0.15) is 36.8 Å². The van der Waals surface area contributed by atoms with E-state index in [1.165, 1.54) is 18.5 Å². The molecule has 1 aromatic heterocycles. The van der Waals surface area contributed by atoms with E-state index >= 15 is 0 Å². The number of hydrogen-bond donors (Lipinski definition) is 2. The summed E-state index contributed by atoms with van der Waals surface area (Å²) in [7, 11) is 1.61. The number of ketones is 1. The summed E-state index contributed by atoms with van der Waals surface area (Å²) in [5.74, 6) is -0.0536. The van der Waals surface area contributed by atoms with Crippen molar-refractivity contribution in [1.82, 2.24) is 9.69 Å². The number of amides is 1. The Hall–Kier alpha value is -1.43. The molecular weight excluding hydrogens is 250 g/mol. The van der Waals surface area contributed by atoms with E-state index < -0.39 is 5.41 Å². The molecule has 0 saturated carbocycles. The van der Waals surface area contributed by atoms with Gasteiger partial charge in [-0.25, -0.2) is 0 Å². The molecule has 5 nitrogen and oxygen atoms in total. The van der Waals surface area contributed by atoms with Crippen LogP contribution in [-0.2, 0) is 4.79 Å². The molecule has 1 amide bonds. The number of carbonyl (C=O) groups is 2. The molecule has 6 heteroatoms. The minimum atomic E-state index is -0.541. The lowest BCUT2D eigenvalue weighted by Gasteiger charge is -2.23. The number of nitrogens with one attached hydrogen (secondary N) is 2. The number of hydrogen-bond acceptors (Lipinski definition) is 5. The Labute approximate surface area is 111 Å². The number of aromatic nitrogens is 1. The Kier molecular flexibility index (Phi) is 4.45. The Balaban J connectivity index is 2.81. The van der Waals surface area contributed by atoms with Crippen LogP contribution in [0.5, 0.6) is 0 Å². The van der Waals surface area contributed by atoms with Gasteiger partial charge in [0.25, 0.3) is 0 Å². The summed E-state index contributed by atoms with van der Waals surface area (Å²) in [4.78, 5) is 23.2. The van der Waals surface area contributed by atoms with Gasteiger partial charge in [-0.1, -0.05) is 0 Å². The molecule has 100 valence electrons. The first-order valence-electron chi connectivity index (χ1n) is 5.73. The summed E-state index contributed by atoms with van der Waals surface area (Å²) in [6, 6.07) is 0. The third-order valence-corrected chi connectivity index (χ3v) is 3.64. The molecular formula is C12H19N3O2S. The SMILES string of the molecule is CNC(=O)C(C)(C)CNc1snc(C)c1C(C)=O. The molecule has 0 bridgehead atoms. The minimum absolute atomic E-state index is 0.0125. The van der Waals surface area contributed by atoms with Crippen molar-refractivity contribution in [3.63, 3.8) is 0 Å². The van der Waals surface area contributed by atoms with Gasteiger partial charge in [-0.2, -0.15) is 4.37 Å². The number of anilines is 1. The van der Waals surface area contributed by atoms with Crippen molar-refractivity contribution in [3.05, 3.63) is 11.3 Å². The number of aryl methyl sites for hydroxylation is 1. The average molecular weight is 269 g/mol.